The molecule has 0 unspecified atom stereocenters. The van der Waals surface area contributed by atoms with Gasteiger partial charge in [-0.1, -0.05) is 36.4 Å². The molecule has 2 N–H and O–H groups in total. The average Bonchev–Trinajstić information content (AvgIpc) is 2.50. The first-order chi connectivity index (χ1) is 10.8. The van der Waals surface area contributed by atoms with Crippen molar-refractivity contribution in [3.8, 4) is 11.3 Å². The Hall–Kier alpha value is -2.39. The molecule has 0 saturated heterocycles. The Morgan fingerprint density at radius 3 is 2.50 bits per heavy atom. The van der Waals surface area contributed by atoms with Crippen LogP contribution in [0.15, 0.2) is 51.7 Å². The van der Waals surface area contributed by atoms with Gasteiger partial charge in [0.1, 0.15) is 11.3 Å². The van der Waals surface area contributed by atoms with E-state index in [1.807, 2.05) is 43.3 Å². The van der Waals surface area contributed by atoms with Gasteiger partial charge in [0, 0.05) is 22.7 Å². The van der Waals surface area contributed by atoms with Gasteiger partial charge in [-0.3, -0.25) is 4.79 Å². The van der Waals surface area contributed by atoms with E-state index in [0.717, 1.165) is 11.1 Å². The molecule has 3 rings (SSSR count). The minimum atomic E-state index is -1.34. The average molecular weight is 294 g/mol. The molecule has 112 valence electrons. The maximum Gasteiger partial charge on any atom is 0.196 e. The summed E-state index contributed by atoms with van der Waals surface area (Å²) in [5.41, 5.74) is 9.08. The molecular formula is C19H19NO2. The van der Waals surface area contributed by atoms with Gasteiger partial charge >= 0.3 is 0 Å². The molecule has 0 radical (unpaired) electrons. The van der Waals surface area contributed by atoms with Gasteiger partial charge in [0.2, 0.25) is 0 Å². The second-order valence-corrected chi connectivity index (χ2v) is 5.62. The molecule has 0 saturated carbocycles. The maximum atomic E-state index is 12.8. The van der Waals surface area contributed by atoms with Crippen molar-refractivity contribution in [1.29, 1.82) is 0 Å². The van der Waals surface area contributed by atoms with Crippen LogP contribution >= 0.6 is 0 Å². The predicted octanol–water partition coefficient (Wildman–Crippen LogP) is 4.10. The van der Waals surface area contributed by atoms with Crippen molar-refractivity contribution in [2.75, 3.05) is 0 Å². The molecule has 0 bridgehead atoms. The van der Waals surface area contributed by atoms with Crippen LogP contribution in [0, 0.1) is 13.8 Å². The van der Waals surface area contributed by atoms with E-state index in [0.29, 0.717) is 27.9 Å². The van der Waals surface area contributed by atoms with Gasteiger partial charge in [-0.05, 0) is 32.4 Å². The highest BCUT2D eigenvalue weighted by molar-refractivity contribution is 5.84. The molecule has 3 nitrogen and oxygen atoms in total. The van der Waals surface area contributed by atoms with Crippen molar-refractivity contribution in [3.05, 3.63) is 69.4 Å². The van der Waals surface area contributed by atoms with Crippen LogP contribution in [0.4, 0.5) is 0 Å². The first-order valence-electron chi connectivity index (χ1n) is 7.72. The number of hydrogen-bond donors (Lipinski definition) is 1. The normalized spacial score (nSPS) is 14.6. The Kier molecular flexibility index (Phi) is 3.28. The van der Waals surface area contributed by atoms with Crippen molar-refractivity contribution in [2.45, 2.75) is 26.8 Å². The van der Waals surface area contributed by atoms with Crippen LogP contribution in [0.3, 0.4) is 0 Å². The predicted molar refractivity (Wildman–Crippen MR) is 90.0 cm³/mol. The number of benzene rings is 2. The van der Waals surface area contributed by atoms with Crippen LogP contribution in [-0.2, 0) is 0 Å². The minimum absolute atomic E-state index is 0.0840. The minimum Gasteiger partial charge on any atom is -0.455 e. The SMILES string of the molecule is [2H][C@](C)(N)c1cc(C)cc2c(=O)c(C)c(-c3ccccc3)oc12. The summed E-state index contributed by atoms with van der Waals surface area (Å²) in [7, 11) is 0. The lowest BCUT2D eigenvalue weighted by molar-refractivity contribution is 0.603. The molecule has 3 aromatic rings. The molecule has 1 aromatic heterocycles. The molecule has 1 atom stereocenters. The fraction of sp³-hybridized carbons (Fsp3) is 0.211. The van der Waals surface area contributed by atoms with Gasteiger partial charge in [0.05, 0.1) is 6.76 Å². The smallest absolute Gasteiger partial charge is 0.196 e. The van der Waals surface area contributed by atoms with Crippen molar-refractivity contribution in [1.82, 2.24) is 0 Å². The zero-order chi connectivity index (χ0) is 16.8. The largest absolute Gasteiger partial charge is 0.455 e. The summed E-state index contributed by atoms with van der Waals surface area (Å²) in [6.07, 6.45) is 0. The van der Waals surface area contributed by atoms with Gasteiger partial charge in [0.15, 0.2) is 5.43 Å². The van der Waals surface area contributed by atoms with Crippen molar-refractivity contribution in [3.63, 3.8) is 0 Å². The molecule has 0 aliphatic carbocycles. The number of hydrogen-bond acceptors (Lipinski definition) is 3. The molecule has 1 heterocycles. The van der Waals surface area contributed by atoms with Crippen molar-refractivity contribution in [2.24, 2.45) is 5.73 Å². The van der Waals surface area contributed by atoms with Crippen LogP contribution in [-0.4, -0.2) is 0 Å². The lowest BCUT2D eigenvalue weighted by atomic mass is 9.99. The van der Waals surface area contributed by atoms with E-state index in [1.165, 1.54) is 0 Å². The lowest BCUT2D eigenvalue weighted by Crippen LogP contribution is -2.12. The quantitative estimate of drug-likeness (QED) is 0.774. The highest BCUT2D eigenvalue weighted by Gasteiger charge is 2.17. The number of aryl methyl sites for hydroxylation is 1. The monoisotopic (exact) mass is 294 g/mol. The molecule has 0 spiro atoms. The number of rotatable bonds is 2. The Morgan fingerprint density at radius 2 is 1.86 bits per heavy atom. The van der Waals surface area contributed by atoms with Crippen LogP contribution in [0.1, 0.15) is 31.0 Å². The third kappa shape index (κ3) is 2.34. The second-order valence-electron chi connectivity index (χ2n) is 5.62. The van der Waals surface area contributed by atoms with Crippen LogP contribution in [0.25, 0.3) is 22.3 Å². The fourth-order valence-electron chi connectivity index (χ4n) is 2.69. The Bertz CT molecular complexity index is 937. The van der Waals surface area contributed by atoms with E-state index < -0.39 is 6.02 Å². The zero-order valence-electron chi connectivity index (χ0n) is 13.9. The van der Waals surface area contributed by atoms with Gasteiger partial charge in [-0.25, -0.2) is 0 Å². The van der Waals surface area contributed by atoms with E-state index >= 15 is 0 Å². The van der Waals surface area contributed by atoms with E-state index in [4.69, 9.17) is 11.5 Å². The van der Waals surface area contributed by atoms with Crippen LogP contribution < -0.4 is 11.2 Å². The van der Waals surface area contributed by atoms with Crippen molar-refractivity contribution >= 4 is 11.0 Å². The standard InChI is InChI=1S/C19H19NO2/c1-11-9-15(13(3)20)19-16(10-11)17(21)12(2)18(22-19)14-7-5-4-6-8-14/h4-10,13H,20H2,1-3H3/t13-/m1/s1/i13D. The number of nitrogens with two attached hydrogens (primary N) is 1. The highest BCUT2D eigenvalue weighted by atomic mass is 16.3. The summed E-state index contributed by atoms with van der Waals surface area (Å²) in [4.78, 5) is 12.8. The molecule has 3 heteroatoms. The second kappa shape index (κ2) is 5.43. The highest BCUT2D eigenvalue weighted by Crippen LogP contribution is 2.29. The molecule has 22 heavy (non-hydrogen) atoms. The topological polar surface area (TPSA) is 56.2 Å². The third-order valence-corrected chi connectivity index (χ3v) is 3.82. The fourth-order valence-corrected chi connectivity index (χ4v) is 2.69. The van der Waals surface area contributed by atoms with E-state index in [2.05, 4.69) is 0 Å². The van der Waals surface area contributed by atoms with Crippen molar-refractivity contribution < 1.29 is 5.79 Å². The molecular weight excluding hydrogens is 274 g/mol. The summed E-state index contributed by atoms with van der Waals surface area (Å²) in [6, 6.07) is 11.7. The zero-order valence-corrected chi connectivity index (χ0v) is 12.9. The van der Waals surface area contributed by atoms with Gasteiger partial charge in [0.25, 0.3) is 0 Å². The van der Waals surface area contributed by atoms with Gasteiger partial charge in [-0.15, -0.1) is 0 Å². The van der Waals surface area contributed by atoms with Crippen LogP contribution in [0.5, 0.6) is 0 Å². The third-order valence-electron chi connectivity index (χ3n) is 3.82. The Labute approximate surface area is 130 Å². The Morgan fingerprint density at radius 1 is 1.18 bits per heavy atom. The molecule has 2 aromatic carbocycles. The summed E-state index contributed by atoms with van der Waals surface area (Å²) in [5, 5.41) is 0.473. The van der Waals surface area contributed by atoms with E-state index in [9.17, 15) is 4.79 Å². The lowest BCUT2D eigenvalue weighted by Gasteiger charge is -2.13. The first kappa shape index (κ1) is 13.3. The van der Waals surface area contributed by atoms with Gasteiger partial charge < -0.3 is 10.2 Å². The van der Waals surface area contributed by atoms with E-state index in [-0.39, 0.29) is 5.43 Å². The summed E-state index contributed by atoms with van der Waals surface area (Å²) in [6.45, 7) is 5.23. The van der Waals surface area contributed by atoms with E-state index in [1.54, 1.807) is 19.9 Å². The van der Waals surface area contributed by atoms with Gasteiger partial charge in [-0.2, -0.15) is 0 Å². The molecule has 0 amide bonds. The first-order valence-corrected chi connectivity index (χ1v) is 7.22. The summed E-state index contributed by atoms with van der Waals surface area (Å²) in [5.74, 6) is 0.525. The maximum absolute atomic E-state index is 12.8. The number of fused-ring (bicyclic) bond motifs is 1. The molecule has 0 aliphatic heterocycles. The van der Waals surface area contributed by atoms with Crippen LogP contribution in [0.2, 0.25) is 0 Å². The summed E-state index contributed by atoms with van der Waals surface area (Å²) >= 11 is 0. The molecule has 0 fully saturated rings. The molecule has 0 aliphatic rings. The summed E-state index contributed by atoms with van der Waals surface area (Å²) < 4.78 is 14.2. The Balaban J connectivity index is 2.46.